The average molecular weight is 364 g/mol. The number of ether oxygens (including phenoxy) is 3. The number of thioether (sulfide) groups is 1. The third-order valence-corrected chi connectivity index (χ3v) is 2.39. The summed E-state index contributed by atoms with van der Waals surface area (Å²) in [6.07, 6.45) is 2.10. The maximum Gasteiger partial charge on any atom is 0.507 e. The van der Waals surface area contributed by atoms with Crippen LogP contribution in [0.2, 0.25) is 0 Å². The molecule has 11 heteroatoms. The van der Waals surface area contributed by atoms with E-state index in [2.05, 4.69) is 18.4 Å². The van der Waals surface area contributed by atoms with Crippen LogP contribution >= 0.6 is 11.8 Å². The summed E-state index contributed by atoms with van der Waals surface area (Å²) < 4.78 is 35.7. The summed E-state index contributed by atoms with van der Waals surface area (Å²) in [5, 5.41) is 0.171. The molecule has 0 rings (SSSR count). The fourth-order valence-corrected chi connectivity index (χ4v) is 0.0833. The zero-order valence-corrected chi connectivity index (χ0v) is 15.6. The molecule has 0 spiro atoms. The van der Waals surface area contributed by atoms with Crippen LogP contribution in [0.4, 0.5) is 4.79 Å². The van der Waals surface area contributed by atoms with E-state index in [1.807, 2.05) is 0 Å². The van der Waals surface area contributed by atoms with Gasteiger partial charge >= 0.3 is 12.1 Å². The summed E-state index contributed by atoms with van der Waals surface area (Å²) in [6, 6.07) is 0. The van der Waals surface area contributed by atoms with Crippen LogP contribution in [0.25, 0.3) is 0 Å². The molecule has 0 atom stereocenters. The van der Waals surface area contributed by atoms with Crippen molar-refractivity contribution in [1.82, 2.24) is 0 Å². The first kappa shape index (κ1) is 28.8. The van der Waals surface area contributed by atoms with Crippen LogP contribution in [0.3, 0.4) is 0 Å². The van der Waals surface area contributed by atoms with Crippen molar-refractivity contribution in [3.05, 3.63) is 0 Å². The van der Waals surface area contributed by atoms with E-state index in [0.717, 1.165) is 13.4 Å². The Morgan fingerprint density at radius 1 is 0.864 bits per heavy atom. The number of esters is 1. The largest absolute Gasteiger partial charge is 0.507 e. The van der Waals surface area contributed by atoms with Gasteiger partial charge in [0, 0.05) is 13.8 Å². The molecule has 9 nitrogen and oxygen atoms in total. The lowest BCUT2D eigenvalue weighted by molar-refractivity contribution is -0.137. The van der Waals surface area contributed by atoms with Gasteiger partial charge in [-0.25, -0.2) is 4.79 Å². The van der Waals surface area contributed by atoms with Crippen molar-refractivity contribution in [1.29, 1.82) is 0 Å². The van der Waals surface area contributed by atoms with Crippen molar-refractivity contribution in [3.63, 3.8) is 0 Å². The van der Waals surface area contributed by atoms with Crippen molar-refractivity contribution >= 4 is 39.1 Å². The second-order valence-electron chi connectivity index (χ2n) is 2.92. The van der Waals surface area contributed by atoms with Crippen molar-refractivity contribution in [2.75, 3.05) is 41.0 Å². The van der Waals surface area contributed by atoms with Gasteiger partial charge in [0.05, 0.1) is 34.7 Å². The van der Waals surface area contributed by atoms with E-state index < -0.39 is 16.3 Å². The van der Waals surface area contributed by atoms with Crippen molar-refractivity contribution in [2.24, 2.45) is 0 Å². The van der Waals surface area contributed by atoms with Crippen LogP contribution in [0.15, 0.2) is 0 Å². The highest BCUT2D eigenvalue weighted by Crippen LogP contribution is 1.88. The summed E-state index contributed by atoms with van der Waals surface area (Å²) >= 11 is 1.24. The third kappa shape index (κ3) is 62.3. The van der Waals surface area contributed by atoms with Gasteiger partial charge in [-0.15, -0.1) is 0 Å². The van der Waals surface area contributed by atoms with Crippen LogP contribution in [-0.2, 0) is 38.1 Å². The van der Waals surface area contributed by atoms with Gasteiger partial charge in [-0.1, -0.05) is 11.8 Å². The standard InChI is InChI=1S/C3H6O3.C3H6O2.C3H6OS.C2H6O3S/c1-5-3(4)6-2;2*1-3(4)5-2;1-5-6(2,3)4/h1-2H3;2*1-2H3;1-2H3. The van der Waals surface area contributed by atoms with Crippen LogP contribution in [0.1, 0.15) is 13.8 Å². The molecule has 0 aromatic carbocycles. The van der Waals surface area contributed by atoms with Crippen LogP contribution in [0, 0.1) is 0 Å². The second kappa shape index (κ2) is 19.7. The molecule has 0 aliphatic rings. The van der Waals surface area contributed by atoms with Crippen LogP contribution in [-0.4, -0.2) is 66.6 Å². The molecule has 0 fully saturated rings. The molecule has 0 saturated heterocycles. The lowest BCUT2D eigenvalue weighted by Gasteiger charge is -1.89. The van der Waals surface area contributed by atoms with Gasteiger partial charge in [0.1, 0.15) is 0 Å². The number of hydrogen-bond acceptors (Lipinski definition) is 10. The lowest BCUT2D eigenvalue weighted by atomic mass is 10.8. The summed E-state index contributed by atoms with van der Waals surface area (Å²) in [5.74, 6) is -0.245. The van der Waals surface area contributed by atoms with E-state index in [9.17, 15) is 22.8 Å². The molecule has 0 heterocycles. The van der Waals surface area contributed by atoms with Crippen LogP contribution < -0.4 is 0 Å². The first-order valence-corrected chi connectivity index (χ1v) is 8.42. The molecule has 0 aliphatic heterocycles. The molecule has 0 radical (unpaired) electrons. The Morgan fingerprint density at radius 2 is 1.09 bits per heavy atom. The van der Waals surface area contributed by atoms with Gasteiger partial charge in [0.2, 0.25) is 0 Å². The summed E-state index contributed by atoms with van der Waals surface area (Å²) in [5.41, 5.74) is 0. The molecule has 0 bridgehead atoms. The van der Waals surface area contributed by atoms with Gasteiger partial charge in [0.15, 0.2) is 5.12 Å². The zero-order chi connectivity index (χ0) is 18.8. The molecule has 134 valence electrons. The number of hydrogen-bond donors (Lipinski definition) is 0. The fourth-order valence-electron chi connectivity index (χ4n) is 0.0833. The maximum absolute atomic E-state index is 9.78. The molecule has 0 aliphatic carbocycles. The third-order valence-electron chi connectivity index (χ3n) is 1.21. The quantitative estimate of drug-likeness (QED) is 0.493. The Morgan fingerprint density at radius 3 is 1.09 bits per heavy atom. The molecule has 0 saturated carbocycles. The molecule has 0 aromatic rings. The Bertz CT molecular complexity index is 370. The normalized spacial score (nSPS) is 8.36. The predicted molar refractivity (Wildman–Crippen MR) is 83.2 cm³/mol. The first-order chi connectivity index (χ1) is 9.91. The van der Waals surface area contributed by atoms with Gasteiger partial charge < -0.3 is 14.2 Å². The Hall–Kier alpha value is -1.33. The SMILES string of the molecule is COC(=O)OC.COC(C)=O.COS(C)(=O)=O.CSC(C)=O. The van der Waals surface area contributed by atoms with E-state index in [-0.39, 0.29) is 11.1 Å². The van der Waals surface area contributed by atoms with Crippen LogP contribution in [0.5, 0.6) is 0 Å². The van der Waals surface area contributed by atoms with Gasteiger partial charge in [0.25, 0.3) is 10.1 Å². The van der Waals surface area contributed by atoms with E-state index in [0.29, 0.717) is 0 Å². The minimum absolute atomic E-state index is 0.171. The molecule has 22 heavy (non-hydrogen) atoms. The summed E-state index contributed by atoms with van der Waals surface area (Å²) in [7, 11) is 1.82. The number of methoxy groups -OCH3 is 3. The van der Waals surface area contributed by atoms with E-state index in [1.165, 1.54) is 40.0 Å². The van der Waals surface area contributed by atoms with E-state index in [1.54, 1.807) is 13.2 Å². The van der Waals surface area contributed by atoms with E-state index >= 15 is 0 Å². The average Bonchev–Trinajstić information content (AvgIpc) is 2.47. The van der Waals surface area contributed by atoms with Crippen molar-refractivity contribution < 1.29 is 41.2 Å². The number of rotatable bonds is 1. The lowest BCUT2D eigenvalue weighted by Crippen LogP contribution is -1.97. The second-order valence-corrected chi connectivity index (χ2v) is 5.65. The summed E-state index contributed by atoms with van der Waals surface area (Å²) in [6.45, 7) is 2.91. The van der Waals surface area contributed by atoms with Gasteiger partial charge in [-0.3, -0.25) is 13.8 Å². The smallest absolute Gasteiger partial charge is 0.469 e. The predicted octanol–water partition coefficient (Wildman–Crippen LogP) is 1.07. The Kier molecular flexibility index (Phi) is 25.7. The topological polar surface area (TPSA) is 122 Å². The number of carbonyl (C=O) groups is 3. The van der Waals surface area contributed by atoms with E-state index in [4.69, 9.17) is 0 Å². The molecular weight excluding hydrogens is 340 g/mol. The molecule has 0 unspecified atom stereocenters. The number of carbonyl (C=O) groups excluding carboxylic acids is 3. The zero-order valence-electron chi connectivity index (χ0n) is 14.0. The maximum atomic E-state index is 9.78. The minimum atomic E-state index is -3.16. The molecule has 0 N–H and O–H groups in total. The first-order valence-electron chi connectivity index (χ1n) is 5.38. The Balaban J connectivity index is -0.0000000986. The molecule has 0 amide bonds. The highest BCUT2D eigenvalue weighted by Gasteiger charge is 1.90. The highest BCUT2D eigenvalue weighted by atomic mass is 32.2. The monoisotopic (exact) mass is 364 g/mol. The van der Waals surface area contributed by atoms with Crippen molar-refractivity contribution in [2.45, 2.75) is 13.8 Å². The fraction of sp³-hybridized carbons (Fsp3) is 0.727. The molecular formula is C11H24O9S2. The van der Waals surface area contributed by atoms with Gasteiger partial charge in [-0.2, -0.15) is 8.42 Å². The highest BCUT2D eigenvalue weighted by molar-refractivity contribution is 8.12. The van der Waals surface area contributed by atoms with Crippen molar-refractivity contribution in [3.8, 4) is 0 Å². The Labute approximate surface area is 135 Å². The summed E-state index contributed by atoms with van der Waals surface area (Å²) in [4.78, 5) is 29.1. The molecule has 0 aromatic heterocycles. The minimum Gasteiger partial charge on any atom is -0.469 e. The van der Waals surface area contributed by atoms with Gasteiger partial charge in [-0.05, 0) is 6.26 Å².